The number of hydrogen-bond acceptors (Lipinski definition) is 3. The Morgan fingerprint density at radius 3 is 3.10 bits per heavy atom. The average Bonchev–Trinajstić information content (AvgIpc) is 2.31. The van der Waals surface area contributed by atoms with Crippen LogP contribution < -0.4 is 5.73 Å². The Bertz CT molecular complexity index is 197. The van der Waals surface area contributed by atoms with E-state index >= 15 is 0 Å². The van der Waals surface area contributed by atoms with Crippen molar-refractivity contribution in [2.45, 2.75) is 5.16 Å². The summed E-state index contributed by atoms with van der Waals surface area (Å²) in [5.74, 6) is 0.935. The number of imidazole rings is 1. The van der Waals surface area contributed by atoms with Crippen molar-refractivity contribution in [1.82, 2.24) is 9.55 Å². The highest BCUT2D eigenvalue weighted by atomic mass is 32.2. The number of nitrogens with zero attached hydrogens (tertiary/aromatic N) is 2. The summed E-state index contributed by atoms with van der Waals surface area (Å²) in [5.41, 5.74) is 5.34. The monoisotopic (exact) mass is 157 g/mol. The first kappa shape index (κ1) is 7.63. The van der Waals surface area contributed by atoms with Crippen LogP contribution in [-0.2, 0) is 7.05 Å². The number of nitrogens with two attached hydrogens (primary N) is 1. The number of hydrogen-bond donors (Lipinski definition) is 1. The molecule has 0 unspecified atom stereocenters. The summed E-state index contributed by atoms with van der Waals surface area (Å²) in [6, 6.07) is 0. The summed E-state index contributed by atoms with van der Waals surface area (Å²) in [5, 5.41) is 1.03. The van der Waals surface area contributed by atoms with Crippen molar-refractivity contribution < 1.29 is 0 Å². The molecule has 10 heavy (non-hydrogen) atoms. The molecule has 0 fully saturated rings. The molecule has 1 aromatic heterocycles. The molecule has 0 saturated heterocycles. The van der Waals surface area contributed by atoms with E-state index in [1.165, 1.54) is 0 Å². The first-order valence-corrected chi connectivity index (χ1v) is 4.13. The Morgan fingerprint density at radius 2 is 2.60 bits per heavy atom. The van der Waals surface area contributed by atoms with E-state index in [4.69, 9.17) is 5.73 Å². The lowest BCUT2D eigenvalue weighted by Gasteiger charge is -1.97. The van der Waals surface area contributed by atoms with Crippen LogP contribution in [0.1, 0.15) is 0 Å². The number of aromatic nitrogens is 2. The molecule has 3 nitrogen and oxygen atoms in total. The van der Waals surface area contributed by atoms with Gasteiger partial charge in [-0.05, 0) is 0 Å². The molecule has 0 amide bonds. The van der Waals surface area contributed by atoms with Crippen molar-refractivity contribution >= 4 is 11.8 Å². The lowest BCUT2D eigenvalue weighted by Crippen LogP contribution is -2.02. The van der Waals surface area contributed by atoms with Crippen LogP contribution in [-0.4, -0.2) is 21.8 Å². The predicted molar refractivity (Wildman–Crippen MR) is 43.0 cm³/mol. The lowest BCUT2D eigenvalue weighted by molar-refractivity contribution is 0.790. The van der Waals surface area contributed by atoms with Crippen molar-refractivity contribution in [2.24, 2.45) is 12.8 Å². The van der Waals surface area contributed by atoms with Gasteiger partial charge in [0.05, 0.1) is 0 Å². The van der Waals surface area contributed by atoms with Crippen LogP contribution in [0.2, 0.25) is 0 Å². The highest BCUT2D eigenvalue weighted by Crippen LogP contribution is 2.12. The van der Waals surface area contributed by atoms with E-state index in [-0.39, 0.29) is 0 Å². The maximum atomic E-state index is 5.34. The first-order valence-electron chi connectivity index (χ1n) is 3.15. The normalized spacial score (nSPS) is 10.2. The highest BCUT2D eigenvalue weighted by molar-refractivity contribution is 7.99. The number of thioether (sulfide) groups is 1. The summed E-state index contributed by atoms with van der Waals surface area (Å²) < 4.78 is 1.99. The van der Waals surface area contributed by atoms with Crippen LogP contribution in [0.3, 0.4) is 0 Å². The summed E-state index contributed by atoms with van der Waals surface area (Å²) in [4.78, 5) is 4.12. The summed E-state index contributed by atoms with van der Waals surface area (Å²) in [6.45, 7) is 0.706. The van der Waals surface area contributed by atoms with Gasteiger partial charge >= 0.3 is 0 Å². The van der Waals surface area contributed by atoms with Crippen LogP contribution >= 0.6 is 11.8 Å². The van der Waals surface area contributed by atoms with Crippen LogP contribution in [0.15, 0.2) is 17.6 Å². The van der Waals surface area contributed by atoms with Crippen LogP contribution in [0.25, 0.3) is 0 Å². The molecule has 2 N–H and O–H groups in total. The molecule has 0 radical (unpaired) electrons. The topological polar surface area (TPSA) is 43.8 Å². The average molecular weight is 157 g/mol. The first-order chi connectivity index (χ1) is 4.84. The Hall–Kier alpha value is -0.480. The van der Waals surface area contributed by atoms with Gasteiger partial charge < -0.3 is 10.3 Å². The van der Waals surface area contributed by atoms with E-state index < -0.39 is 0 Å². The summed E-state index contributed by atoms with van der Waals surface area (Å²) >= 11 is 1.68. The molecule has 0 spiro atoms. The van der Waals surface area contributed by atoms with Crippen molar-refractivity contribution in [1.29, 1.82) is 0 Å². The molecule has 0 bridgehead atoms. The Balaban J connectivity index is 2.49. The van der Waals surface area contributed by atoms with E-state index in [0.29, 0.717) is 6.54 Å². The SMILES string of the molecule is Cn1ccnc1SCCN. The molecule has 1 aromatic rings. The fraction of sp³-hybridized carbons (Fsp3) is 0.500. The molecule has 0 aliphatic carbocycles. The second-order valence-corrected chi connectivity index (χ2v) is 3.02. The van der Waals surface area contributed by atoms with E-state index in [2.05, 4.69) is 4.98 Å². The molecule has 0 saturated carbocycles. The predicted octanol–water partition coefficient (Wildman–Crippen LogP) is 0.471. The van der Waals surface area contributed by atoms with Gasteiger partial charge in [0.1, 0.15) is 0 Å². The van der Waals surface area contributed by atoms with Gasteiger partial charge in [-0.25, -0.2) is 4.98 Å². The highest BCUT2D eigenvalue weighted by Gasteiger charge is 1.96. The third kappa shape index (κ3) is 1.75. The molecule has 0 atom stereocenters. The zero-order valence-electron chi connectivity index (χ0n) is 5.95. The van der Waals surface area contributed by atoms with Gasteiger partial charge in [0.2, 0.25) is 0 Å². The third-order valence-corrected chi connectivity index (χ3v) is 2.22. The van der Waals surface area contributed by atoms with Gasteiger partial charge in [0.25, 0.3) is 0 Å². The second kappa shape index (κ2) is 3.63. The fourth-order valence-corrected chi connectivity index (χ4v) is 1.34. The number of rotatable bonds is 3. The van der Waals surface area contributed by atoms with E-state index in [1.54, 1.807) is 18.0 Å². The van der Waals surface area contributed by atoms with Crippen molar-refractivity contribution in [2.75, 3.05) is 12.3 Å². The zero-order valence-corrected chi connectivity index (χ0v) is 6.77. The minimum absolute atomic E-state index is 0.706. The van der Waals surface area contributed by atoms with Crippen LogP contribution in [0.4, 0.5) is 0 Å². The van der Waals surface area contributed by atoms with Crippen molar-refractivity contribution in [3.63, 3.8) is 0 Å². The Morgan fingerprint density at radius 1 is 1.80 bits per heavy atom. The summed E-state index contributed by atoms with van der Waals surface area (Å²) in [6.07, 6.45) is 3.72. The van der Waals surface area contributed by atoms with Gasteiger partial charge in [-0.1, -0.05) is 11.8 Å². The molecule has 56 valence electrons. The van der Waals surface area contributed by atoms with Gasteiger partial charge in [0, 0.05) is 31.7 Å². The van der Waals surface area contributed by atoms with Crippen molar-refractivity contribution in [3.05, 3.63) is 12.4 Å². The Labute approximate surface area is 64.6 Å². The zero-order chi connectivity index (χ0) is 7.40. The molecule has 1 heterocycles. The largest absolute Gasteiger partial charge is 0.330 e. The smallest absolute Gasteiger partial charge is 0.167 e. The van der Waals surface area contributed by atoms with E-state index in [1.807, 2.05) is 17.8 Å². The van der Waals surface area contributed by atoms with Gasteiger partial charge in [-0.2, -0.15) is 0 Å². The van der Waals surface area contributed by atoms with Gasteiger partial charge in [0.15, 0.2) is 5.16 Å². The van der Waals surface area contributed by atoms with E-state index in [9.17, 15) is 0 Å². The molecule has 4 heteroatoms. The van der Waals surface area contributed by atoms with Gasteiger partial charge in [-0.3, -0.25) is 0 Å². The summed E-state index contributed by atoms with van der Waals surface area (Å²) in [7, 11) is 1.98. The quantitative estimate of drug-likeness (QED) is 0.649. The van der Waals surface area contributed by atoms with Crippen molar-refractivity contribution in [3.8, 4) is 0 Å². The van der Waals surface area contributed by atoms with Gasteiger partial charge in [-0.15, -0.1) is 0 Å². The third-order valence-electron chi connectivity index (χ3n) is 1.13. The minimum atomic E-state index is 0.706. The second-order valence-electron chi connectivity index (χ2n) is 1.96. The molecule has 0 aliphatic heterocycles. The van der Waals surface area contributed by atoms with Crippen LogP contribution in [0, 0.1) is 0 Å². The van der Waals surface area contributed by atoms with E-state index in [0.717, 1.165) is 10.9 Å². The Kier molecular flexibility index (Phi) is 2.77. The fourth-order valence-electron chi connectivity index (χ4n) is 0.641. The minimum Gasteiger partial charge on any atom is -0.330 e. The molecule has 0 aromatic carbocycles. The molecular weight excluding hydrogens is 146 g/mol. The van der Waals surface area contributed by atoms with Crippen LogP contribution in [0.5, 0.6) is 0 Å². The molecule has 1 rings (SSSR count). The maximum Gasteiger partial charge on any atom is 0.167 e. The number of aryl methyl sites for hydroxylation is 1. The standard InChI is InChI=1S/C6H11N3S/c1-9-4-3-8-6(9)10-5-2-7/h3-4H,2,5,7H2,1H3. The maximum absolute atomic E-state index is 5.34. The molecular formula is C6H11N3S. The lowest BCUT2D eigenvalue weighted by atomic mass is 10.8. The molecule has 0 aliphatic rings.